The maximum atomic E-state index is 12.4. The van der Waals surface area contributed by atoms with Gasteiger partial charge in [-0.1, -0.05) is 69.9 Å². The normalized spacial score (nSPS) is 22.6. The maximum absolute atomic E-state index is 12.4. The summed E-state index contributed by atoms with van der Waals surface area (Å²) in [5.74, 6) is 0.920. The average Bonchev–Trinajstić information content (AvgIpc) is 2.74. The van der Waals surface area contributed by atoms with E-state index >= 15 is 0 Å². The Kier molecular flexibility index (Phi) is 8.50. The summed E-state index contributed by atoms with van der Waals surface area (Å²) in [7, 11) is 0. The molecule has 0 radical (unpaired) electrons. The SMILES string of the molecule is O=C(O)c1c(C2CCCCC2)cc(C2CCCCC2)cc1C1CCCCC1.[NaH]. The van der Waals surface area contributed by atoms with Crippen molar-refractivity contribution in [3.05, 3.63) is 34.4 Å². The predicted octanol–water partition coefficient (Wildman–Crippen LogP) is 6.88. The van der Waals surface area contributed by atoms with E-state index < -0.39 is 5.97 Å². The Morgan fingerprint density at radius 3 is 1.36 bits per heavy atom. The van der Waals surface area contributed by atoms with Gasteiger partial charge in [0.25, 0.3) is 0 Å². The zero-order valence-corrected chi connectivity index (χ0v) is 16.8. The first-order valence-electron chi connectivity index (χ1n) is 11.6. The minimum absolute atomic E-state index is 0. The summed E-state index contributed by atoms with van der Waals surface area (Å²) in [6.45, 7) is 0. The number of carboxylic acid groups (broad SMARTS) is 1. The van der Waals surface area contributed by atoms with Crippen LogP contribution in [-0.2, 0) is 0 Å². The number of aromatic carboxylic acids is 1. The molecule has 0 bridgehead atoms. The first-order chi connectivity index (χ1) is 13.2. The molecule has 3 aliphatic carbocycles. The van der Waals surface area contributed by atoms with Crippen molar-refractivity contribution in [3.8, 4) is 0 Å². The molecule has 4 rings (SSSR count). The first-order valence-corrected chi connectivity index (χ1v) is 11.6. The Labute approximate surface area is 193 Å². The van der Waals surface area contributed by atoms with Crippen molar-refractivity contribution in [1.82, 2.24) is 0 Å². The van der Waals surface area contributed by atoms with E-state index in [9.17, 15) is 9.90 Å². The standard InChI is InChI=1S/C25H36O2.Na.H/c26-25(27)24-22(19-12-6-2-7-13-19)16-21(18-10-4-1-5-11-18)17-23(24)20-14-8-3-9-15-20;;/h16-20H,1-15H2,(H,26,27);;. The molecular weight excluding hydrogens is 355 g/mol. The van der Waals surface area contributed by atoms with Crippen molar-refractivity contribution >= 4 is 35.5 Å². The molecule has 0 aromatic heterocycles. The summed E-state index contributed by atoms with van der Waals surface area (Å²) < 4.78 is 0. The van der Waals surface area contributed by atoms with E-state index in [1.54, 1.807) is 0 Å². The first kappa shape index (κ1) is 22.4. The van der Waals surface area contributed by atoms with Crippen molar-refractivity contribution in [2.75, 3.05) is 0 Å². The molecule has 28 heavy (non-hydrogen) atoms. The van der Waals surface area contributed by atoms with E-state index in [-0.39, 0.29) is 29.6 Å². The Balaban J connectivity index is 0.00000225. The van der Waals surface area contributed by atoms with E-state index in [1.165, 1.54) is 113 Å². The third-order valence-corrected chi connectivity index (χ3v) is 7.60. The fourth-order valence-electron chi connectivity index (χ4n) is 6.10. The van der Waals surface area contributed by atoms with Gasteiger partial charge in [0.1, 0.15) is 0 Å². The van der Waals surface area contributed by atoms with E-state index in [1.807, 2.05) is 0 Å². The summed E-state index contributed by atoms with van der Waals surface area (Å²) in [6.07, 6.45) is 19.0. The monoisotopic (exact) mass is 392 g/mol. The van der Waals surface area contributed by atoms with E-state index in [0.29, 0.717) is 23.3 Å². The number of carboxylic acids is 1. The molecule has 1 N–H and O–H groups in total. The molecule has 0 amide bonds. The summed E-state index contributed by atoms with van der Waals surface area (Å²) >= 11 is 0. The fourth-order valence-corrected chi connectivity index (χ4v) is 6.10. The Morgan fingerprint density at radius 2 is 1.00 bits per heavy atom. The van der Waals surface area contributed by atoms with Crippen LogP contribution >= 0.6 is 0 Å². The van der Waals surface area contributed by atoms with Gasteiger partial charge in [-0.2, -0.15) is 0 Å². The molecule has 0 unspecified atom stereocenters. The topological polar surface area (TPSA) is 37.3 Å². The second-order valence-corrected chi connectivity index (χ2v) is 9.38. The molecule has 0 atom stereocenters. The van der Waals surface area contributed by atoms with Crippen LogP contribution in [0.25, 0.3) is 0 Å². The van der Waals surface area contributed by atoms with Gasteiger partial charge in [0, 0.05) is 0 Å². The van der Waals surface area contributed by atoms with Crippen LogP contribution in [0, 0.1) is 0 Å². The molecule has 0 heterocycles. The van der Waals surface area contributed by atoms with Crippen molar-refractivity contribution in [3.63, 3.8) is 0 Å². The van der Waals surface area contributed by atoms with Gasteiger partial charge in [-0.05, 0) is 73.0 Å². The number of hydrogen-bond donors (Lipinski definition) is 1. The van der Waals surface area contributed by atoms with Crippen molar-refractivity contribution in [2.24, 2.45) is 0 Å². The quantitative estimate of drug-likeness (QED) is 0.567. The number of rotatable bonds is 4. The van der Waals surface area contributed by atoms with Gasteiger partial charge in [-0.3, -0.25) is 0 Å². The molecule has 2 nitrogen and oxygen atoms in total. The van der Waals surface area contributed by atoms with Crippen LogP contribution in [0.2, 0.25) is 0 Å². The second-order valence-electron chi connectivity index (χ2n) is 9.38. The molecule has 3 fully saturated rings. The van der Waals surface area contributed by atoms with Gasteiger partial charge in [-0.15, -0.1) is 0 Å². The van der Waals surface area contributed by atoms with Crippen LogP contribution in [0.15, 0.2) is 12.1 Å². The summed E-state index contributed by atoms with van der Waals surface area (Å²) in [5.41, 5.74) is 4.57. The van der Waals surface area contributed by atoms with Crippen LogP contribution < -0.4 is 0 Å². The van der Waals surface area contributed by atoms with Crippen LogP contribution in [0.4, 0.5) is 0 Å². The van der Waals surface area contributed by atoms with E-state index in [0.717, 1.165) is 0 Å². The Morgan fingerprint density at radius 1 is 0.643 bits per heavy atom. The molecule has 0 aliphatic heterocycles. The van der Waals surface area contributed by atoms with Crippen molar-refractivity contribution < 1.29 is 9.90 Å². The van der Waals surface area contributed by atoms with Crippen LogP contribution in [-0.4, -0.2) is 40.6 Å². The Bertz CT molecular complexity index is 612. The van der Waals surface area contributed by atoms with Gasteiger partial charge in [0.15, 0.2) is 0 Å². The van der Waals surface area contributed by atoms with Crippen LogP contribution in [0.3, 0.4) is 0 Å². The van der Waals surface area contributed by atoms with Crippen molar-refractivity contribution in [1.29, 1.82) is 0 Å². The van der Waals surface area contributed by atoms with Gasteiger partial charge in [0.2, 0.25) is 0 Å². The molecule has 150 valence electrons. The predicted molar refractivity (Wildman–Crippen MR) is 118 cm³/mol. The van der Waals surface area contributed by atoms with Gasteiger partial charge in [0.05, 0.1) is 5.56 Å². The fraction of sp³-hybridized carbons (Fsp3) is 0.720. The zero-order chi connectivity index (χ0) is 18.6. The van der Waals surface area contributed by atoms with E-state index in [4.69, 9.17) is 0 Å². The summed E-state index contributed by atoms with van der Waals surface area (Å²) in [6, 6.07) is 4.70. The summed E-state index contributed by atoms with van der Waals surface area (Å²) in [4.78, 5) is 12.4. The van der Waals surface area contributed by atoms with Gasteiger partial charge in [-0.25, -0.2) is 4.79 Å². The Hall–Kier alpha value is -0.310. The van der Waals surface area contributed by atoms with Crippen LogP contribution in [0.1, 0.15) is 141 Å². The molecule has 0 saturated heterocycles. The molecule has 3 saturated carbocycles. The number of benzene rings is 1. The van der Waals surface area contributed by atoms with Gasteiger partial charge < -0.3 is 5.11 Å². The number of carbonyl (C=O) groups is 1. The van der Waals surface area contributed by atoms with E-state index in [2.05, 4.69) is 12.1 Å². The zero-order valence-electron chi connectivity index (χ0n) is 16.8. The molecule has 1 aromatic carbocycles. The molecule has 3 aliphatic rings. The molecule has 0 spiro atoms. The van der Waals surface area contributed by atoms with Crippen molar-refractivity contribution in [2.45, 2.75) is 114 Å². The summed E-state index contributed by atoms with van der Waals surface area (Å²) in [5, 5.41) is 10.2. The number of hydrogen-bond acceptors (Lipinski definition) is 1. The second kappa shape index (κ2) is 10.6. The molecular formula is C25H37NaO2. The third-order valence-electron chi connectivity index (χ3n) is 7.60. The minimum atomic E-state index is -0.675. The molecule has 3 heteroatoms. The van der Waals surface area contributed by atoms with Gasteiger partial charge >= 0.3 is 35.5 Å². The molecule has 1 aromatic rings. The van der Waals surface area contributed by atoms with Crippen LogP contribution in [0.5, 0.6) is 0 Å². The third kappa shape index (κ3) is 5.05. The average molecular weight is 393 g/mol.